The number of rotatable bonds is 3. The third-order valence-corrected chi connectivity index (χ3v) is 2.66. The quantitative estimate of drug-likeness (QED) is 0.833. The van der Waals surface area contributed by atoms with Crippen LogP contribution in [0, 0.1) is 4.77 Å². The largest absolute Gasteiger partial charge is 0.493 e. The number of aromatic amines is 2. The lowest BCUT2D eigenvalue weighted by atomic mass is 10.1. The summed E-state index contributed by atoms with van der Waals surface area (Å²) in [5, 5.41) is 0. The molecule has 0 amide bonds. The van der Waals surface area contributed by atoms with Crippen molar-refractivity contribution >= 4 is 12.2 Å². The van der Waals surface area contributed by atoms with E-state index in [1.165, 1.54) is 6.07 Å². The van der Waals surface area contributed by atoms with E-state index < -0.39 is 0 Å². The van der Waals surface area contributed by atoms with E-state index in [4.69, 9.17) is 21.7 Å². The van der Waals surface area contributed by atoms with Gasteiger partial charge >= 0.3 is 0 Å². The lowest BCUT2D eigenvalue weighted by Crippen LogP contribution is -2.06. The zero-order valence-electron chi connectivity index (χ0n) is 9.94. The van der Waals surface area contributed by atoms with Crippen LogP contribution in [0.15, 0.2) is 29.1 Å². The van der Waals surface area contributed by atoms with Crippen molar-refractivity contribution in [2.45, 2.75) is 0 Å². The van der Waals surface area contributed by atoms with Gasteiger partial charge in [-0.1, -0.05) is 0 Å². The summed E-state index contributed by atoms with van der Waals surface area (Å²) < 4.78 is 10.6. The molecule has 0 spiro atoms. The molecule has 0 aliphatic carbocycles. The first-order valence-corrected chi connectivity index (χ1v) is 5.61. The maximum atomic E-state index is 11.4. The van der Waals surface area contributed by atoms with Crippen molar-refractivity contribution in [2.24, 2.45) is 0 Å². The molecule has 2 N–H and O–H groups in total. The number of methoxy groups -OCH3 is 2. The summed E-state index contributed by atoms with van der Waals surface area (Å²) in [5.41, 5.74) is 1.18. The Balaban J connectivity index is 2.57. The van der Waals surface area contributed by atoms with Crippen LogP contribution < -0.4 is 15.0 Å². The van der Waals surface area contributed by atoms with Gasteiger partial charge in [0.15, 0.2) is 16.3 Å². The zero-order chi connectivity index (χ0) is 13.1. The Morgan fingerprint density at radius 3 is 2.39 bits per heavy atom. The van der Waals surface area contributed by atoms with Crippen LogP contribution in [0.3, 0.4) is 0 Å². The van der Waals surface area contributed by atoms with Gasteiger partial charge in [-0.3, -0.25) is 9.78 Å². The second kappa shape index (κ2) is 5.05. The van der Waals surface area contributed by atoms with Gasteiger partial charge in [-0.2, -0.15) is 0 Å². The van der Waals surface area contributed by atoms with Crippen LogP contribution in [0.5, 0.6) is 11.5 Å². The van der Waals surface area contributed by atoms with Gasteiger partial charge < -0.3 is 14.5 Å². The van der Waals surface area contributed by atoms with Gasteiger partial charge in [-0.25, -0.2) is 0 Å². The van der Waals surface area contributed by atoms with Crippen molar-refractivity contribution < 1.29 is 9.47 Å². The second-order valence-corrected chi connectivity index (χ2v) is 3.98. The molecule has 0 unspecified atom stereocenters. The highest BCUT2D eigenvalue weighted by Gasteiger charge is 2.06. The first-order valence-electron chi connectivity index (χ1n) is 5.20. The number of nitrogens with one attached hydrogen (secondary N) is 2. The smallest absolute Gasteiger partial charge is 0.252 e. The standard InChI is InChI=1S/C12H12N2O3S/c1-16-9-4-3-7(5-10(9)17-2)8-6-11(15)14-12(18)13-8/h3-6H,1-2H3,(H2,13,14,15,18). The van der Waals surface area contributed by atoms with Gasteiger partial charge in [-0.15, -0.1) is 0 Å². The Kier molecular flexibility index (Phi) is 3.47. The summed E-state index contributed by atoms with van der Waals surface area (Å²) >= 11 is 4.93. The van der Waals surface area contributed by atoms with E-state index in [1.807, 2.05) is 6.07 Å². The van der Waals surface area contributed by atoms with Crippen LogP contribution in [0.25, 0.3) is 11.3 Å². The number of hydrogen-bond acceptors (Lipinski definition) is 4. The van der Waals surface area contributed by atoms with Crippen LogP contribution in [-0.4, -0.2) is 24.2 Å². The molecule has 0 aliphatic heterocycles. The molecule has 1 heterocycles. The molecule has 2 aromatic rings. The molecule has 6 heteroatoms. The summed E-state index contributed by atoms with van der Waals surface area (Å²) in [6, 6.07) is 6.81. The van der Waals surface area contributed by atoms with Crippen molar-refractivity contribution in [3.8, 4) is 22.8 Å². The maximum Gasteiger partial charge on any atom is 0.252 e. The second-order valence-electron chi connectivity index (χ2n) is 3.57. The average molecular weight is 264 g/mol. The predicted molar refractivity (Wildman–Crippen MR) is 70.8 cm³/mol. The minimum atomic E-state index is -0.247. The first kappa shape index (κ1) is 12.4. The van der Waals surface area contributed by atoms with E-state index in [1.54, 1.807) is 26.4 Å². The van der Waals surface area contributed by atoms with Gasteiger partial charge in [0.2, 0.25) is 0 Å². The van der Waals surface area contributed by atoms with Crippen molar-refractivity contribution in [2.75, 3.05) is 14.2 Å². The van der Waals surface area contributed by atoms with Gasteiger partial charge in [0.1, 0.15) is 0 Å². The lowest BCUT2D eigenvalue weighted by Gasteiger charge is -2.09. The molecular weight excluding hydrogens is 252 g/mol. The van der Waals surface area contributed by atoms with Crippen LogP contribution in [-0.2, 0) is 0 Å². The molecule has 0 aliphatic rings. The Bertz CT molecular complexity index is 647. The highest BCUT2D eigenvalue weighted by Crippen LogP contribution is 2.30. The number of H-pyrrole nitrogens is 2. The fraction of sp³-hybridized carbons (Fsp3) is 0.167. The highest BCUT2D eigenvalue weighted by atomic mass is 32.1. The fourth-order valence-electron chi connectivity index (χ4n) is 1.63. The van der Waals surface area contributed by atoms with Crippen molar-refractivity contribution in [3.05, 3.63) is 39.4 Å². The first-order chi connectivity index (χ1) is 8.63. The predicted octanol–water partition coefficient (Wildman–Crippen LogP) is 2.12. The van der Waals surface area contributed by atoms with Gasteiger partial charge in [0, 0.05) is 11.6 Å². The van der Waals surface area contributed by atoms with Gasteiger partial charge in [-0.05, 0) is 30.4 Å². The molecule has 94 valence electrons. The molecule has 2 rings (SSSR count). The normalized spacial score (nSPS) is 10.1. The summed E-state index contributed by atoms with van der Waals surface area (Å²) in [5.74, 6) is 1.22. The summed E-state index contributed by atoms with van der Waals surface area (Å²) in [6.45, 7) is 0. The summed E-state index contributed by atoms with van der Waals surface area (Å²) in [6.07, 6.45) is 0. The molecule has 18 heavy (non-hydrogen) atoms. The minimum Gasteiger partial charge on any atom is -0.493 e. The number of hydrogen-bond donors (Lipinski definition) is 2. The van der Waals surface area contributed by atoms with Gasteiger partial charge in [0.05, 0.1) is 19.9 Å². The topological polar surface area (TPSA) is 67.1 Å². The van der Waals surface area contributed by atoms with Crippen LogP contribution in [0.1, 0.15) is 0 Å². The number of ether oxygens (including phenoxy) is 2. The summed E-state index contributed by atoms with van der Waals surface area (Å²) in [7, 11) is 3.12. The van der Waals surface area contributed by atoms with E-state index in [0.717, 1.165) is 5.56 Å². The van der Waals surface area contributed by atoms with E-state index >= 15 is 0 Å². The number of aromatic nitrogens is 2. The SMILES string of the molecule is COc1ccc(-c2cc(=O)[nH]c(=S)[nH]2)cc1OC. The molecule has 1 aromatic carbocycles. The van der Waals surface area contributed by atoms with E-state index in [9.17, 15) is 4.79 Å². The van der Waals surface area contributed by atoms with Crippen molar-refractivity contribution in [1.82, 2.24) is 9.97 Å². The molecule has 0 atom stereocenters. The zero-order valence-corrected chi connectivity index (χ0v) is 10.8. The third kappa shape index (κ3) is 2.43. The van der Waals surface area contributed by atoms with Crippen LogP contribution in [0.2, 0.25) is 0 Å². The Labute approximate surface area is 108 Å². The molecule has 0 saturated heterocycles. The highest BCUT2D eigenvalue weighted by molar-refractivity contribution is 7.71. The van der Waals surface area contributed by atoms with Gasteiger partial charge in [0.25, 0.3) is 5.56 Å². The van der Waals surface area contributed by atoms with Crippen molar-refractivity contribution in [3.63, 3.8) is 0 Å². The van der Waals surface area contributed by atoms with Crippen LogP contribution >= 0.6 is 12.2 Å². The fourth-order valence-corrected chi connectivity index (χ4v) is 1.84. The molecule has 0 radical (unpaired) electrons. The monoisotopic (exact) mass is 264 g/mol. The Morgan fingerprint density at radius 2 is 1.78 bits per heavy atom. The van der Waals surface area contributed by atoms with Crippen LogP contribution in [0.4, 0.5) is 0 Å². The van der Waals surface area contributed by atoms with Crippen molar-refractivity contribution in [1.29, 1.82) is 0 Å². The molecule has 1 aromatic heterocycles. The Morgan fingerprint density at radius 1 is 1.06 bits per heavy atom. The van der Waals surface area contributed by atoms with E-state index in [0.29, 0.717) is 17.2 Å². The summed E-state index contributed by atoms with van der Waals surface area (Å²) in [4.78, 5) is 16.8. The molecular formula is C12H12N2O3S. The molecule has 0 saturated carbocycles. The molecule has 0 bridgehead atoms. The average Bonchev–Trinajstić information content (AvgIpc) is 2.36. The molecule has 5 nitrogen and oxygen atoms in total. The lowest BCUT2D eigenvalue weighted by molar-refractivity contribution is 0.355. The third-order valence-electron chi connectivity index (χ3n) is 2.45. The molecule has 0 fully saturated rings. The maximum absolute atomic E-state index is 11.4. The Hall–Kier alpha value is -2.08. The minimum absolute atomic E-state index is 0.247. The van der Waals surface area contributed by atoms with E-state index in [2.05, 4.69) is 9.97 Å². The number of benzene rings is 1. The van der Waals surface area contributed by atoms with E-state index in [-0.39, 0.29) is 10.3 Å².